The molecule has 162 valence electrons. The highest BCUT2D eigenvalue weighted by Crippen LogP contribution is 2.16. The first-order valence-electron chi connectivity index (χ1n) is 10.3. The maximum atomic E-state index is 12.0. The van der Waals surface area contributed by atoms with Crippen molar-refractivity contribution in [1.82, 2.24) is 25.9 Å². The third-order valence-corrected chi connectivity index (χ3v) is 4.42. The first-order chi connectivity index (χ1) is 14.4. The second-order valence-corrected chi connectivity index (χ2v) is 7.45. The van der Waals surface area contributed by atoms with Crippen LogP contribution < -0.4 is 21.3 Å². The number of nitrogens with zero attached hydrogens (tertiary/aromatic N) is 2. The van der Waals surface area contributed by atoms with Crippen molar-refractivity contribution in [2.24, 2.45) is 0 Å². The molecule has 0 saturated carbocycles. The van der Waals surface area contributed by atoms with Crippen molar-refractivity contribution in [3.05, 3.63) is 53.0 Å². The summed E-state index contributed by atoms with van der Waals surface area (Å²) in [5, 5.41) is 11.6. The molecule has 0 fully saturated rings. The van der Waals surface area contributed by atoms with Gasteiger partial charge in [-0.15, -0.1) is 0 Å². The highest BCUT2D eigenvalue weighted by atomic mass is 16.2. The summed E-state index contributed by atoms with van der Waals surface area (Å²) in [5.74, 6) is 0.443. The Kier molecular flexibility index (Phi) is 9.05. The number of rotatable bonds is 10. The number of amides is 3. The molecule has 8 heteroatoms. The van der Waals surface area contributed by atoms with Crippen LogP contribution in [0.15, 0.2) is 30.5 Å². The summed E-state index contributed by atoms with van der Waals surface area (Å²) < 4.78 is 0. The van der Waals surface area contributed by atoms with Gasteiger partial charge in [-0.2, -0.15) is 0 Å². The van der Waals surface area contributed by atoms with Crippen LogP contribution in [0.1, 0.15) is 54.0 Å². The number of nitrogens with one attached hydrogen (secondary N) is 4. The zero-order chi connectivity index (χ0) is 21.9. The number of aromatic nitrogens is 2. The van der Waals surface area contributed by atoms with Crippen LogP contribution in [-0.2, 0) is 13.0 Å². The highest BCUT2D eigenvalue weighted by molar-refractivity contribution is 5.98. The quantitative estimate of drug-likeness (QED) is 0.449. The molecule has 2 rings (SSSR count). The van der Waals surface area contributed by atoms with E-state index in [0.29, 0.717) is 24.5 Å². The van der Waals surface area contributed by atoms with Crippen LogP contribution in [0.3, 0.4) is 0 Å². The number of unbranched alkanes of at least 4 members (excludes halogenated alkanes) is 1. The van der Waals surface area contributed by atoms with Gasteiger partial charge in [0.25, 0.3) is 5.91 Å². The molecular weight excluding hydrogens is 380 g/mol. The van der Waals surface area contributed by atoms with E-state index in [0.717, 1.165) is 36.2 Å². The SMILES string of the molecule is CNC(=O)c1ccc(CCCCNC(=O)NCc2ccc(C)nc2)nc1NC(C)C. The standard InChI is InChI=1S/C22H32N6O2/c1-15(2)27-20-19(21(29)23-4)11-10-18(28-20)7-5-6-12-24-22(30)26-14-17-9-8-16(3)25-13-17/h8-11,13,15H,5-7,12,14H2,1-4H3,(H,23,29)(H,27,28)(H2,24,26,30). The molecule has 0 aliphatic carbocycles. The number of hydrogen-bond acceptors (Lipinski definition) is 5. The molecule has 30 heavy (non-hydrogen) atoms. The number of aryl methyl sites for hydroxylation is 2. The van der Waals surface area contributed by atoms with Crippen LogP contribution in [0.5, 0.6) is 0 Å². The molecular formula is C22H32N6O2. The predicted octanol–water partition coefficient (Wildman–Crippen LogP) is 2.79. The minimum atomic E-state index is -0.188. The van der Waals surface area contributed by atoms with E-state index in [4.69, 9.17) is 0 Å². The second kappa shape index (κ2) is 11.7. The Bertz CT molecular complexity index is 836. The normalized spacial score (nSPS) is 10.6. The molecule has 0 spiro atoms. The fraction of sp³-hybridized carbons (Fsp3) is 0.455. The Morgan fingerprint density at radius 1 is 1.07 bits per heavy atom. The highest BCUT2D eigenvalue weighted by Gasteiger charge is 2.13. The van der Waals surface area contributed by atoms with Gasteiger partial charge in [-0.05, 0) is 63.8 Å². The third-order valence-electron chi connectivity index (χ3n) is 4.42. The van der Waals surface area contributed by atoms with Gasteiger partial charge in [-0.3, -0.25) is 9.78 Å². The van der Waals surface area contributed by atoms with E-state index in [-0.39, 0.29) is 18.0 Å². The molecule has 0 radical (unpaired) electrons. The molecule has 0 aliphatic heterocycles. The van der Waals surface area contributed by atoms with E-state index in [1.807, 2.05) is 39.0 Å². The third kappa shape index (κ3) is 7.69. The zero-order valence-electron chi connectivity index (χ0n) is 18.2. The van der Waals surface area contributed by atoms with Crippen LogP contribution in [0.4, 0.5) is 10.6 Å². The number of carbonyl (C=O) groups excluding carboxylic acids is 2. The lowest BCUT2D eigenvalue weighted by atomic mass is 10.1. The van der Waals surface area contributed by atoms with Gasteiger partial charge in [0, 0.05) is 43.8 Å². The largest absolute Gasteiger partial charge is 0.367 e. The minimum absolute atomic E-state index is 0.158. The maximum Gasteiger partial charge on any atom is 0.315 e. The van der Waals surface area contributed by atoms with Crippen molar-refractivity contribution in [3.8, 4) is 0 Å². The van der Waals surface area contributed by atoms with Gasteiger partial charge in [0.05, 0.1) is 5.56 Å². The first kappa shape index (κ1) is 23.1. The maximum absolute atomic E-state index is 12.0. The van der Waals surface area contributed by atoms with Crippen molar-refractivity contribution in [3.63, 3.8) is 0 Å². The van der Waals surface area contributed by atoms with Crippen LogP contribution in [0, 0.1) is 6.92 Å². The van der Waals surface area contributed by atoms with E-state index in [1.165, 1.54) is 0 Å². The summed E-state index contributed by atoms with van der Waals surface area (Å²) in [6, 6.07) is 7.55. The van der Waals surface area contributed by atoms with E-state index in [2.05, 4.69) is 31.2 Å². The summed E-state index contributed by atoms with van der Waals surface area (Å²) in [4.78, 5) is 32.7. The van der Waals surface area contributed by atoms with Crippen LogP contribution in [-0.4, -0.2) is 41.5 Å². The fourth-order valence-corrected chi connectivity index (χ4v) is 2.82. The summed E-state index contributed by atoms with van der Waals surface area (Å²) in [6.45, 7) is 6.98. The predicted molar refractivity (Wildman–Crippen MR) is 119 cm³/mol. The molecule has 0 aromatic carbocycles. The van der Waals surface area contributed by atoms with E-state index in [9.17, 15) is 9.59 Å². The number of pyridine rings is 2. The molecule has 0 saturated heterocycles. The summed E-state index contributed by atoms with van der Waals surface area (Å²) in [6.07, 6.45) is 4.26. The zero-order valence-corrected chi connectivity index (χ0v) is 18.2. The topological polar surface area (TPSA) is 108 Å². The molecule has 0 atom stereocenters. The Morgan fingerprint density at radius 2 is 1.87 bits per heavy atom. The molecule has 8 nitrogen and oxygen atoms in total. The van der Waals surface area contributed by atoms with Gasteiger partial charge in [-0.25, -0.2) is 9.78 Å². The minimum Gasteiger partial charge on any atom is -0.367 e. The van der Waals surface area contributed by atoms with Crippen molar-refractivity contribution in [2.45, 2.75) is 52.6 Å². The first-order valence-corrected chi connectivity index (χ1v) is 10.3. The van der Waals surface area contributed by atoms with Crippen LogP contribution in [0.2, 0.25) is 0 Å². The monoisotopic (exact) mass is 412 g/mol. The number of carbonyl (C=O) groups is 2. The molecule has 4 N–H and O–H groups in total. The molecule has 2 aromatic rings. The van der Waals surface area contributed by atoms with Gasteiger partial charge >= 0.3 is 6.03 Å². The van der Waals surface area contributed by atoms with Gasteiger partial charge in [0.15, 0.2) is 0 Å². The van der Waals surface area contributed by atoms with Crippen molar-refractivity contribution in [1.29, 1.82) is 0 Å². The fourth-order valence-electron chi connectivity index (χ4n) is 2.82. The Morgan fingerprint density at radius 3 is 2.53 bits per heavy atom. The van der Waals surface area contributed by atoms with Crippen LogP contribution >= 0.6 is 0 Å². The number of urea groups is 1. The van der Waals surface area contributed by atoms with Gasteiger partial charge in [0.2, 0.25) is 0 Å². The lowest BCUT2D eigenvalue weighted by Gasteiger charge is -2.14. The number of hydrogen-bond donors (Lipinski definition) is 4. The van der Waals surface area contributed by atoms with Gasteiger partial charge in [0.1, 0.15) is 5.82 Å². The van der Waals surface area contributed by atoms with E-state index >= 15 is 0 Å². The molecule has 3 amide bonds. The lowest BCUT2D eigenvalue weighted by molar-refractivity contribution is 0.0963. The Balaban J connectivity index is 1.73. The van der Waals surface area contributed by atoms with Crippen molar-refractivity contribution >= 4 is 17.8 Å². The average Bonchev–Trinajstić information content (AvgIpc) is 2.72. The van der Waals surface area contributed by atoms with E-state index < -0.39 is 0 Å². The van der Waals surface area contributed by atoms with Crippen molar-refractivity contribution < 1.29 is 9.59 Å². The smallest absolute Gasteiger partial charge is 0.315 e. The van der Waals surface area contributed by atoms with Gasteiger partial charge < -0.3 is 21.3 Å². The molecule has 0 bridgehead atoms. The molecule has 0 unspecified atom stereocenters. The molecule has 0 aliphatic rings. The van der Waals surface area contributed by atoms with Crippen LogP contribution in [0.25, 0.3) is 0 Å². The lowest BCUT2D eigenvalue weighted by Crippen LogP contribution is -2.35. The summed E-state index contributed by atoms with van der Waals surface area (Å²) in [7, 11) is 1.61. The molecule has 2 aromatic heterocycles. The molecule has 2 heterocycles. The Hall–Kier alpha value is -3.16. The van der Waals surface area contributed by atoms with Crippen molar-refractivity contribution in [2.75, 3.05) is 18.9 Å². The summed E-state index contributed by atoms with van der Waals surface area (Å²) >= 11 is 0. The summed E-state index contributed by atoms with van der Waals surface area (Å²) in [5.41, 5.74) is 3.38. The Labute approximate surface area is 178 Å². The average molecular weight is 413 g/mol. The van der Waals surface area contributed by atoms with Gasteiger partial charge in [-0.1, -0.05) is 6.07 Å². The number of anilines is 1. The second-order valence-electron chi connectivity index (χ2n) is 7.45. The van der Waals surface area contributed by atoms with E-state index in [1.54, 1.807) is 19.3 Å².